The molecule has 11 heavy (non-hydrogen) atoms. The van der Waals surface area contributed by atoms with E-state index in [0.717, 1.165) is 6.42 Å². The first kappa shape index (κ1) is 7.70. The molecule has 0 heterocycles. The Morgan fingerprint density at radius 1 is 1.27 bits per heavy atom. The molecule has 0 atom stereocenters. The number of rotatable bonds is 4. The lowest BCUT2D eigenvalue weighted by Gasteiger charge is -1.94. The van der Waals surface area contributed by atoms with Crippen molar-refractivity contribution >= 4 is 6.41 Å². The number of benzene rings is 1. The van der Waals surface area contributed by atoms with E-state index in [1.54, 1.807) is 6.41 Å². The maximum absolute atomic E-state index is 9.76. The summed E-state index contributed by atoms with van der Waals surface area (Å²) in [6, 6.07) is 10.0. The molecular formula is C9H10NO+. The predicted molar refractivity (Wildman–Crippen MR) is 43.8 cm³/mol. The van der Waals surface area contributed by atoms with Crippen molar-refractivity contribution in [2.45, 2.75) is 6.42 Å². The lowest BCUT2D eigenvalue weighted by molar-refractivity contribution is 0.542. The molecule has 0 aliphatic carbocycles. The van der Waals surface area contributed by atoms with E-state index in [-0.39, 0.29) is 0 Å². The lowest BCUT2D eigenvalue weighted by atomic mass is 10.2. The third kappa shape index (κ3) is 2.78. The average molecular weight is 148 g/mol. The highest BCUT2D eigenvalue weighted by Crippen LogP contribution is 1.97. The van der Waals surface area contributed by atoms with E-state index in [2.05, 4.69) is 5.32 Å². The van der Waals surface area contributed by atoms with Crippen molar-refractivity contribution in [3.63, 3.8) is 0 Å². The molecular weight excluding hydrogens is 138 g/mol. The van der Waals surface area contributed by atoms with Crippen LogP contribution in [-0.2, 0) is 11.2 Å². The highest BCUT2D eigenvalue weighted by molar-refractivity contribution is 5.46. The molecule has 0 saturated heterocycles. The molecule has 1 amide bonds. The summed E-state index contributed by atoms with van der Waals surface area (Å²) in [5.41, 5.74) is 1.23. The van der Waals surface area contributed by atoms with E-state index in [9.17, 15) is 4.79 Å². The van der Waals surface area contributed by atoms with Crippen LogP contribution in [0, 0.1) is 0 Å². The Balaban J connectivity index is 2.33. The summed E-state index contributed by atoms with van der Waals surface area (Å²) in [4.78, 5) is 9.76. The normalized spacial score (nSPS) is 8.73. The molecule has 1 aromatic rings. The van der Waals surface area contributed by atoms with Crippen molar-refractivity contribution in [1.82, 2.24) is 5.32 Å². The van der Waals surface area contributed by atoms with E-state index in [1.807, 2.05) is 30.3 Å². The molecule has 2 heteroatoms. The first-order valence-corrected chi connectivity index (χ1v) is 3.57. The van der Waals surface area contributed by atoms with Crippen LogP contribution in [0.2, 0.25) is 0 Å². The van der Waals surface area contributed by atoms with Crippen LogP contribution in [0.15, 0.2) is 30.3 Å². The minimum atomic E-state index is 0.660. The number of carbonyl (C=O) groups excluding carboxylic acids is 1. The summed E-state index contributed by atoms with van der Waals surface area (Å²) in [5.74, 6) is 0. The zero-order valence-corrected chi connectivity index (χ0v) is 6.21. The fourth-order valence-electron chi connectivity index (χ4n) is 0.903. The zero-order chi connectivity index (χ0) is 7.94. The van der Waals surface area contributed by atoms with E-state index in [1.165, 1.54) is 5.56 Å². The van der Waals surface area contributed by atoms with Gasteiger partial charge in [0, 0.05) is 0 Å². The Bertz CT molecular complexity index is 208. The smallest absolute Gasteiger partial charge is 0.143 e. The molecule has 0 aliphatic heterocycles. The van der Waals surface area contributed by atoms with Gasteiger partial charge in [0.05, 0.1) is 11.3 Å². The molecule has 0 saturated carbocycles. The fraction of sp³-hybridized carbons (Fsp3) is 0.222. The third-order valence-corrected chi connectivity index (χ3v) is 1.45. The van der Waals surface area contributed by atoms with E-state index >= 15 is 0 Å². The van der Waals surface area contributed by atoms with Gasteiger partial charge in [-0.1, -0.05) is 30.3 Å². The number of hydrogen-bond acceptors (Lipinski definition) is 1. The van der Waals surface area contributed by atoms with E-state index in [0.29, 0.717) is 6.54 Å². The molecule has 1 aromatic carbocycles. The van der Waals surface area contributed by atoms with Gasteiger partial charge in [0.15, 0.2) is 0 Å². The SMILES string of the molecule is O=[C+]NCCc1ccccc1. The summed E-state index contributed by atoms with van der Waals surface area (Å²) < 4.78 is 0. The molecule has 0 radical (unpaired) electrons. The van der Waals surface area contributed by atoms with Gasteiger partial charge in [0.1, 0.15) is 0 Å². The molecule has 0 aromatic heterocycles. The van der Waals surface area contributed by atoms with Crippen molar-refractivity contribution in [2.24, 2.45) is 0 Å². The van der Waals surface area contributed by atoms with Gasteiger partial charge in [-0.15, -0.1) is 5.32 Å². The van der Waals surface area contributed by atoms with Crippen LogP contribution in [0.25, 0.3) is 0 Å². The summed E-state index contributed by atoms with van der Waals surface area (Å²) >= 11 is 0. The van der Waals surface area contributed by atoms with Gasteiger partial charge in [0.25, 0.3) is 0 Å². The van der Waals surface area contributed by atoms with Gasteiger partial charge in [-0.05, 0) is 12.0 Å². The van der Waals surface area contributed by atoms with Gasteiger partial charge in [-0.3, -0.25) is 0 Å². The van der Waals surface area contributed by atoms with Crippen molar-refractivity contribution in [2.75, 3.05) is 6.54 Å². The molecule has 56 valence electrons. The quantitative estimate of drug-likeness (QED) is 0.383. The highest BCUT2D eigenvalue weighted by Gasteiger charge is 1.95. The van der Waals surface area contributed by atoms with Crippen molar-refractivity contribution in [1.29, 1.82) is 0 Å². The van der Waals surface area contributed by atoms with Gasteiger partial charge in [-0.2, -0.15) is 0 Å². The van der Waals surface area contributed by atoms with Crippen molar-refractivity contribution in [3.05, 3.63) is 35.9 Å². The molecule has 0 unspecified atom stereocenters. The number of hydrogen-bond donors (Lipinski definition) is 1. The van der Waals surface area contributed by atoms with Gasteiger partial charge in [0.2, 0.25) is 0 Å². The molecule has 1 rings (SSSR count). The second-order valence-corrected chi connectivity index (χ2v) is 2.26. The summed E-state index contributed by atoms with van der Waals surface area (Å²) in [5, 5.41) is 2.49. The van der Waals surface area contributed by atoms with Crippen LogP contribution in [0.3, 0.4) is 0 Å². The largest absolute Gasteiger partial charge is 0.664 e. The Hall–Kier alpha value is -1.40. The Morgan fingerprint density at radius 2 is 2.00 bits per heavy atom. The third-order valence-electron chi connectivity index (χ3n) is 1.45. The van der Waals surface area contributed by atoms with Crippen molar-refractivity contribution < 1.29 is 4.79 Å². The summed E-state index contributed by atoms with van der Waals surface area (Å²) in [6.45, 7) is 0.660. The lowest BCUT2D eigenvalue weighted by Crippen LogP contribution is -2.14. The molecule has 0 bridgehead atoms. The van der Waals surface area contributed by atoms with Gasteiger partial charge >= 0.3 is 6.41 Å². The molecule has 2 nitrogen and oxygen atoms in total. The molecule has 0 fully saturated rings. The fourth-order valence-corrected chi connectivity index (χ4v) is 0.903. The Labute approximate surface area is 66.2 Å². The minimum absolute atomic E-state index is 0.660. The van der Waals surface area contributed by atoms with E-state index in [4.69, 9.17) is 0 Å². The van der Waals surface area contributed by atoms with Gasteiger partial charge in [-0.25, -0.2) is 0 Å². The predicted octanol–water partition coefficient (Wildman–Crippen LogP) is 0.886. The maximum atomic E-state index is 9.76. The van der Waals surface area contributed by atoms with Crippen LogP contribution in [0.5, 0.6) is 0 Å². The number of amides is 1. The highest BCUT2D eigenvalue weighted by atomic mass is 16.1. The van der Waals surface area contributed by atoms with E-state index < -0.39 is 0 Å². The molecule has 0 aliphatic rings. The zero-order valence-electron chi connectivity index (χ0n) is 6.21. The topological polar surface area (TPSA) is 29.1 Å². The maximum Gasteiger partial charge on any atom is 0.664 e. The Morgan fingerprint density at radius 3 is 2.64 bits per heavy atom. The second-order valence-electron chi connectivity index (χ2n) is 2.26. The number of nitrogens with one attached hydrogen (secondary N) is 1. The summed E-state index contributed by atoms with van der Waals surface area (Å²) in [6.07, 6.45) is 2.51. The van der Waals surface area contributed by atoms with Crippen LogP contribution in [0.1, 0.15) is 5.56 Å². The Kier molecular flexibility index (Phi) is 3.10. The van der Waals surface area contributed by atoms with Crippen LogP contribution in [-0.4, -0.2) is 13.0 Å². The average Bonchev–Trinajstić information content (AvgIpc) is 2.07. The first-order chi connectivity index (χ1) is 5.43. The minimum Gasteiger partial charge on any atom is -0.143 e. The van der Waals surface area contributed by atoms with Crippen LogP contribution < -0.4 is 5.32 Å². The monoisotopic (exact) mass is 148 g/mol. The van der Waals surface area contributed by atoms with Crippen LogP contribution in [0.4, 0.5) is 0 Å². The van der Waals surface area contributed by atoms with Gasteiger partial charge < -0.3 is 0 Å². The van der Waals surface area contributed by atoms with Crippen LogP contribution >= 0.6 is 0 Å². The van der Waals surface area contributed by atoms with Crippen molar-refractivity contribution in [3.8, 4) is 0 Å². The molecule has 1 N–H and O–H groups in total. The second kappa shape index (κ2) is 4.42. The first-order valence-electron chi connectivity index (χ1n) is 3.57. The molecule has 0 spiro atoms. The standard InChI is InChI=1S/C9H10NO/c11-8-10-7-6-9-4-2-1-3-5-9/h1-5H,6-7H2,(H,10,11)/q+1. The summed E-state index contributed by atoms with van der Waals surface area (Å²) in [7, 11) is 0.